The zero-order chi connectivity index (χ0) is 28.1. The third-order valence-corrected chi connectivity index (χ3v) is 10.2. The van der Waals surface area contributed by atoms with Gasteiger partial charge < -0.3 is 19.1 Å². The fraction of sp³-hybridized carbons (Fsp3) is 0.464. The second-order valence-electron chi connectivity index (χ2n) is 10.1. The van der Waals surface area contributed by atoms with E-state index < -0.39 is 10.0 Å². The van der Waals surface area contributed by atoms with Crippen LogP contribution in [0.4, 0.5) is 0 Å². The number of hydrogen-bond donors (Lipinski definition) is 0. The molecular formula is C28H33Cl2N3O6S. The van der Waals surface area contributed by atoms with Crippen LogP contribution in [0.25, 0.3) is 0 Å². The zero-order valence-corrected chi connectivity index (χ0v) is 24.4. The molecule has 0 radical (unpaired) electrons. The lowest BCUT2D eigenvalue weighted by Gasteiger charge is -2.39. The molecule has 2 fully saturated rings. The molecule has 9 nitrogen and oxygen atoms in total. The Labute approximate surface area is 245 Å². The summed E-state index contributed by atoms with van der Waals surface area (Å²) in [5.41, 5.74) is 1.21. The van der Waals surface area contributed by atoms with Crippen LogP contribution in [0.3, 0.4) is 0 Å². The molecule has 3 aliphatic rings. The van der Waals surface area contributed by atoms with Crippen LogP contribution >= 0.6 is 23.2 Å². The van der Waals surface area contributed by atoms with E-state index in [9.17, 15) is 13.2 Å². The second kappa shape index (κ2) is 13.1. The first-order valence-electron chi connectivity index (χ1n) is 13.4. The van der Waals surface area contributed by atoms with Crippen molar-refractivity contribution in [3.8, 4) is 0 Å². The van der Waals surface area contributed by atoms with E-state index in [-0.39, 0.29) is 47.9 Å². The van der Waals surface area contributed by atoms with Crippen LogP contribution in [0.5, 0.6) is 0 Å². The van der Waals surface area contributed by atoms with Crippen LogP contribution in [0, 0.1) is 0 Å². The van der Waals surface area contributed by atoms with Gasteiger partial charge >= 0.3 is 0 Å². The number of amides is 1. The van der Waals surface area contributed by atoms with Gasteiger partial charge in [0.1, 0.15) is 12.9 Å². The van der Waals surface area contributed by atoms with E-state index in [1.807, 2.05) is 18.2 Å². The van der Waals surface area contributed by atoms with Gasteiger partial charge in [0, 0.05) is 38.8 Å². The van der Waals surface area contributed by atoms with E-state index in [0.717, 1.165) is 18.6 Å². The van der Waals surface area contributed by atoms with Gasteiger partial charge in [-0.05, 0) is 43.0 Å². The van der Waals surface area contributed by atoms with Gasteiger partial charge in [0.2, 0.25) is 22.7 Å². The number of halogens is 2. The smallest absolute Gasteiger partial charge is 0.248 e. The molecule has 2 saturated heterocycles. The standard InChI is InChI=1S/C28H33Cl2N3O6S/c29-24-9-8-23(16-25(24)30)40(35,36)33-10-4-7-22(33)17-37-19-28(34)32-13-11-31(12-14-32)26(27-18-38-20-39-27)15-21-5-2-1-3-6-21/h1-3,5-6,8-9,16,18,22,26H,4,7,10-15,17,19-20H2. The predicted octanol–water partition coefficient (Wildman–Crippen LogP) is 3.76. The van der Waals surface area contributed by atoms with E-state index in [4.69, 9.17) is 37.4 Å². The second-order valence-corrected chi connectivity index (χ2v) is 12.8. The van der Waals surface area contributed by atoms with Crippen molar-refractivity contribution in [2.45, 2.75) is 36.2 Å². The Bertz CT molecular complexity index is 1320. The van der Waals surface area contributed by atoms with Crippen molar-refractivity contribution in [3.63, 3.8) is 0 Å². The zero-order valence-electron chi connectivity index (χ0n) is 22.1. The first kappa shape index (κ1) is 29.2. The lowest BCUT2D eigenvalue weighted by molar-refractivity contribution is -0.138. The van der Waals surface area contributed by atoms with E-state index in [1.165, 1.54) is 28.1 Å². The largest absolute Gasteiger partial charge is 0.462 e. The molecule has 2 atom stereocenters. The first-order valence-corrected chi connectivity index (χ1v) is 15.6. The van der Waals surface area contributed by atoms with Crippen LogP contribution < -0.4 is 0 Å². The highest BCUT2D eigenvalue weighted by Crippen LogP contribution is 2.30. The summed E-state index contributed by atoms with van der Waals surface area (Å²) in [4.78, 5) is 17.2. The van der Waals surface area contributed by atoms with Crippen LogP contribution in [0.2, 0.25) is 10.0 Å². The Hall–Kier alpha value is -2.34. The molecule has 2 unspecified atom stereocenters. The predicted molar refractivity (Wildman–Crippen MR) is 151 cm³/mol. The minimum atomic E-state index is -3.76. The highest BCUT2D eigenvalue weighted by molar-refractivity contribution is 7.89. The number of sulfonamides is 1. The first-order chi connectivity index (χ1) is 19.3. The maximum absolute atomic E-state index is 13.2. The molecule has 3 heterocycles. The molecule has 12 heteroatoms. The molecule has 0 aromatic heterocycles. The van der Waals surface area contributed by atoms with E-state index in [2.05, 4.69) is 17.0 Å². The minimum absolute atomic E-state index is 0.0317. The van der Waals surface area contributed by atoms with E-state index >= 15 is 0 Å². The molecular weight excluding hydrogens is 577 g/mol. The molecule has 5 rings (SSSR count). The lowest BCUT2D eigenvalue weighted by atomic mass is 10.0. The van der Waals surface area contributed by atoms with Crippen molar-refractivity contribution in [1.29, 1.82) is 0 Å². The monoisotopic (exact) mass is 609 g/mol. The van der Waals surface area contributed by atoms with Crippen molar-refractivity contribution in [1.82, 2.24) is 14.1 Å². The van der Waals surface area contributed by atoms with Gasteiger partial charge in [-0.2, -0.15) is 4.31 Å². The maximum Gasteiger partial charge on any atom is 0.248 e. The van der Waals surface area contributed by atoms with Gasteiger partial charge in [-0.1, -0.05) is 53.5 Å². The van der Waals surface area contributed by atoms with Gasteiger partial charge in [0.05, 0.1) is 27.6 Å². The number of carbonyl (C=O) groups excluding carboxylic acids is 1. The van der Waals surface area contributed by atoms with E-state index in [1.54, 1.807) is 11.2 Å². The Kier molecular flexibility index (Phi) is 9.55. The fourth-order valence-corrected chi connectivity index (χ4v) is 7.46. The molecule has 0 bridgehead atoms. The summed E-state index contributed by atoms with van der Waals surface area (Å²) in [6.45, 7) is 3.21. The van der Waals surface area contributed by atoms with Gasteiger partial charge in [0.15, 0.2) is 5.76 Å². The summed E-state index contributed by atoms with van der Waals surface area (Å²) in [5.74, 6) is 0.708. The highest BCUT2D eigenvalue weighted by Gasteiger charge is 2.36. The molecule has 3 aliphatic heterocycles. The molecule has 2 aromatic carbocycles. The average molecular weight is 611 g/mol. The summed E-state index contributed by atoms with van der Waals surface area (Å²) in [6.07, 6.45) is 3.86. The van der Waals surface area contributed by atoms with E-state index in [0.29, 0.717) is 44.2 Å². The summed E-state index contributed by atoms with van der Waals surface area (Å²) in [7, 11) is -3.76. The molecule has 216 valence electrons. The van der Waals surface area contributed by atoms with Crippen molar-refractivity contribution < 1.29 is 27.4 Å². The molecule has 40 heavy (non-hydrogen) atoms. The van der Waals surface area contributed by atoms with Gasteiger partial charge in [-0.25, -0.2) is 8.42 Å². The van der Waals surface area contributed by atoms with Crippen LogP contribution in [0.15, 0.2) is 65.4 Å². The van der Waals surface area contributed by atoms with Crippen LogP contribution in [-0.2, 0) is 35.4 Å². The summed E-state index contributed by atoms with van der Waals surface area (Å²) >= 11 is 12.0. The number of nitrogens with zero attached hydrogens (tertiary/aromatic N) is 3. The number of benzene rings is 2. The van der Waals surface area contributed by atoms with Gasteiger partial charge in [-0.3, -0.25) is 9.69 Å². The third-order valence-electron chi connectivity index (χ3n) is 7.56. The normalized spacial score (nSPS) is 21.1. The Morgan fingerprint density at radius 2 is 1.80 bits per heavy atom. The number of carbonyl (C=O) groups is 1. The number of piperazine rings is 1. The Morgan fingerprint density at radius 3 is 2.50 bits per heavy atom. The molecule has 2 aromatic rings. The molecule has 0 aliphatic carbocycles. The quantitative estimate of drug-likeness (QED) is 0.405. The number of rotatable bonds is 10. The molecule has 0 N–H and O–H groups in total. The number of ether oxygens (including phenoxy) is 3. The van der Waals surface area contributed by atoms with Crippen molar-refractivity contribution in [3.05, 3.63) is 76.2 Å². The SMILES string of the molecule is O=C(COCC1CCCN1S(=O)(=O)c1ccc(Cl)c(Cl)c1)N1CCN(C(Cc2ccccc2)C2=COCO2)CC1. The maximum atomic E-state index is 13.2. The Morgan fingerprint density at radius 1 is 1.02 bits per heavy atom. The average Bonchev–Trinajstić information content (AvgIpc) is 3.67. The Balaban J connectivity index is 1.12. The summed E-state index contributed by atoms with van der Waals surface area (Å²) in [6, 6.07) is 14.2. The lowest BCUT2D eigenvalue weighted by Crippen LogP contribution is -2.53. The van der Waals surface area contributed by atoms with Crippen molar-refractivity contribution in [2.24, 2.45) is 0 Å². The molecule has 0 spiro atoms. The summed E-state index contributed by atoms with van der Waals surface area (Å²) in [5, 5.41) is 0.485. The number of hydrogen-bond acceptors (Lipinski definition) is 7. The van der Waals surface area contributed by atoms with Crippen molar-refractivity contribution >= 4 is 39.1 Å². The van der Waals surface area contributed by atoms with Gasteiger partial charge in [-0.15, -0.1) is 0 Å². The third kappa shape index (κ3) is 6.75. The van der Waals surface area contributed by atoms with Crippen LogP contribution in [-0.4, -0.2) is 93.2 Å². The molecule has 0 saturated carbocycles. The van der Waals surface area contributed by atoms with Crippen LogP contribution in [0.1, 0.15) is 18.4 Å². The topological polar surface area (TPSA) is 88.6 Å². The minimum Gasteiger partial charge on any atom is -0.462 e. The highest BCUT2D eigenvalue weighted by atomic mass is 35.5. The fourth-order valence-electron chi connectivity index (χ4n) is 5.40. The molecule has 1 amide bonds. The summed E-state index contributed by atoms with van der Waals surface area (Å²) < 4.78 is 44.7. The van der Waals surface area contributed by atoms with Crippen molar-refractivity contribution in [2.75, 3.05) is 52.7 Å². The van der Waals surface area contributed by atoms with Gasteiger partial charge in [0.25, 0.3) is 0 Å².